The van der Waals surface area contributed by atoms with Crippen LogP contribution in [0.4, 0.5) is 4.39 Å². The molecule has 0 amide bonds. The molecule has 0 aliphatic heterocycles. The molecule has 0 unspecified atom stereocenters. The van der Waals surface area contributed by atoms with E-state index in [4.69, 9.17) is 15.0 Å². The molecule has 0 radical (unpaired) electrons. The maximum absolute atomic E-state index is 14.6. The van der Waals surface area contributed by atoms with Crippen LogP contribution in [0.3, 0.4) is 0 Å². The van der Waals surface area contributed by atoms with Gasteiger partial charge in [0, 0.05) is 33.2 Å². The molecule has 0 atom stereocenters. The number of benzene rings is 6. The molecule has 0 bridgehead atoms. The van der Waals surface area contributed by atoms with Crippen LogP contribution < -0.4 is 0 Å². The highest BCUT2D eigenvalue weighted by Crippen LogP contribution is 2.38. The molecule has 46 heavy (non-hydrogen) atoms. The second kappa shape index (κ2) is 11.2. The van der Waals surface area contributed by atoms with Gasteiger partial charge in [-0.05, 0) is 73.5 Å². The van der Waals surface area contributed by atoms with Crippen molar-refractivity contribution in [1.82, 2.24) is 19.5 Å². The number of rotatable bonds is 5. The van der Waals surface area contributed by atoms with E-state index in [1.807, 2.05) is 72.8 Å². The fourth-order valence-electron chi connectivity index (χ4n) is 6.22. The van der Waals surface area contributed by atoms with E-state index in [-0.39, 0.29) is 5.82 Å². The molecule has 4 nitrogen and oxygen atoms in total. The van der Waals surface area contributed by atoms with Gasteiger partial charge in [0.1, 0.15) is 5.82 Å². The number of aryl methyl sites for hydroxylation is 2. The first-order valence-corrected chi connectivity index (χ1v) is 15.3. The van der Waals surface area contributed by atoms with Crippen molar-refractivity contribution in [2.75, 3.05) is 0 Å². The summed E-state index contributed by atoms with van der Waals surface area (Å²) < 4.78 is 16.9. The molecular formula is C41H29FN4. The molecule has 0 aliphatic rings. The molecule has 6 aromatic carbocycles. The molecule has 2 aromatic heterocycles. The van der Waals surface area contributed by atoms with Crippen molar-refractivity contribution in [1.29, 1.82) is 0 Å². The normalized spacial score (nSPS) is 11.4. The lowest BCUT2D eigenvalue weighted by molar-refractivity contribution is 0.628. The third-order valence-electron chi connectivity index (χ3n) is 8.41. The number of fused-ring (bicyclic) bond motifs is 3. The van der Waals surface area contributed by atoms with Gasteiger partial charge in [-0.1, -0.05) is 102 Å². The van der Waals surface area contributed by atoms with Crippen LogP contribution >= 0.6 is 0 Å². The van der Waals surface area contributed by atoms with Crippen LogP contribution in [0.15, 0.2) is 140 Å². The van der Waals surface area contributed by atoms with Gasteiger partial charge in [0.2, 0.25) is 0 Å². The predicted molar refractivity (Wildman–Crippen MR) is 185 cm³/mol. The fourth-order valence-corrected chi connectivity index (χ4v) is 6.22. The average molecular weight is 597 g/mol. The van der Waals surface area contributed by atoms with Crippen molar-refractivity contribution >= 4 is 21.8 Å². The smallest absolute Gasteiger partial charge is 0.164 e. The van der Waals surface area contributed by atoms with E-state index in [0.29, 0.717) is 17.5 Å². The van der Waals surface area contributed by atoms with Crippen molar-refractivity contribution in [3.05, 3.63) is 156 Å². The highest BCUT2D eigenvalue weighted by atomic mass is 19.1. The first-order valence-electron chi connectivity index (χ1n) is 15.3. The molecular weight excluding hydrogens is 567 g/mol. The second-order valence-electron chi connectivity index (χ2n) is 11.7. The standard InChI is InChI=1S/C41H29FN4/c1-26-16-20-37-34(22-26)35-23-27(2)17-21-38(35)46(37)32-18-19-33(30-14-9-15-31(42)24-30)36(25-32)41-44-39(28-10-5-3-6-11-28)43-40(45-41)29-12-7-4-8-13-29/h3-25H,1-2H3. The fraction of sp³-hybridized carbons (Fsp3) is 0.0488. The SMILES string of the molecule is Cc1ccc2c(c1)c1cc(C)ccc1n2-c1ccc(-c2cccc(F)c2)c(-c2nc(-c3ccccc3)nc(-c3ccccc3)n2)c1. The van der Waals surface area contributed by atoms with Crippen LogP contribution in [0, 0.1) is 19.7 Å². The molecule has 0 saturated carbocycles. The van der Waals surface area contributed by atoms with Crippen molar-refractivity contribution in [2.45, 2.75) is 13.8 Å². The summed E-state index contributed by atoms with van der Waals surface area (Å²) in [5.74, 6) is 1.36. The number of aromatic nitrogens is 4. The third-order valence-corrected chi connectivity index (χ3v) is 8.41. The Morgan fingerprint density at radius 1 is 0.457 bits per heavy atom. The lowest BCUT2D eigenvalue weighted by Gasteiger charge is -2.15. The van der Waals surface area contributed by atoms with Gasteiger partial charge in [-0.25, -0.2) is 19.3 Å². The van der Waals surface area contributed by atoms with E-state index in [1.165, 1.54) is 28.0 Å². The Morgan fingerprint density at radius 3 is 1.57 bits per heavy atom. The van der Waals surface area contributed by atoms with Gasteiger partial charge >= 0.3 is 0 Å². The van der Waals surface area contributed by atoms with E-state index < -0.39 is 0 Å². The summed E-state index contributed by atoms with van der Waals surface area (Å²) in [6.45, 7) is 4.25. The van der Waals surface area contributed by atoms with Crippen LogP contribution in [-0.2, 0) is 0 Å². The van der Waals surface area contributed by atoms with Gasteiger partial charge < -0.3 is 4.57 Å². The molecule has 0 fully saturated rings. The van der Waals surface area contributed by atoms with E-state index >= 15 is 0 Å². The Labute approximate surface area is 266 Å². The largest absolute Gasteiger partial charge is 0.309 e. The van der Waals surface area contributed by atoms with Gasteiger partial charge in [0.05, 0.1) is 11.0 Å². The maximum atomic E-state index is 14.6. The summed E-state index contributed by atoms with van der Waals surface area (Å²) >= 11 is 0. The van der Waals surface area contributed by atoms with Gasteiger partial charge in [-0.3, -0.25) is 0 Å². The third kappa shape index (κ3) is 4.92. The van der Waals surface area contributed by atoms with Crippen LogP contribution in [0.1, 0.15) is 11.1 Å². The van der Waals surface area contributed by atoms with Crippen molar-refractivity contribution < 1.29 is 4.39 Å². The molecule has 8 aromatic rings. The van der Waals surface area contributed by atoms with Crippen LogP contribution in [0.25, 0.3) is 72.8 Å². The van der Waals surface area contributed by atoms with E-state index in [9.17, 15) is 4.39 Å². The first kappa shape index (κ1) is 27.6. The minimum absolute atomic E-state index is 0.300. The summed E-state index contributed by atoms with van der Waals surface area (Å²) in [6, 6.07) is 46.0. The molecule has 0 spiro atoms. The zero-order chi connectivity index (χ0) is 31.2. The highest BCUT2D eigenvalue weighted by Gasteiger charge is 2.19. The van der Waals surface area contributed by atoms with Gasteiger partial charge in [-0.15, -0.1) is 0 Å². The van der Waals surface area contributed by atoms with Gasteiger partial charge in [0.15, 0.2) is 17.5 Å². The van der Waals surface area contributed by atoms with Crippen molar-refractivity contribution in [2.24, 2.45) is 0 Å². The lowest BCUT2D eigenvalue weighted by atomic mass is 9.98. The predicted octanol–water partition coefficient (Wildman–Crippen LogP) is 10.4. The number of hydrogen-bond acceptors (Lipinski definition) is 3. The summed E-state index contributed by atoms with van der Waals surface area (Å²) in [6.07, 6.45) is 0. The quantitative estimate of drug-likeness (QED) is 0.199. The maximum Gasteiger partial charge on any atom is 0.164 e. The number of halogens is 1. The van der Waals surface area contributed by atoms with E-state index in [2.05, 4.69) is 66.9 Å². The Morgan fingerprint density at radius 2 is 1.00 bits per heavy atom. The zero-order valence-corrected chi connectivity index (χ0v) is 25.4. The Balaban J connectivity index is 1.43. The van der Waals surface area contributed by atoms with Crippen molar-refractivity contribution in [3.63, 3.8) is 0 Å². The topological polar surface area (TPSA) is 43.6 Å². The molecule has 0 N–H and O–H groups in total. The minimum atomic E-state index is -0.300. The molecule has 0 aliphatic carbocycles. The Bertz CT molecular complexity index is 2280. The monoisotopic (exact) mass is 596 g/mol. The van der Waals surface area contributed by atoms with Crippen LogP contribution in [-0.4, -0.2) is 19.5 Å². The zero-order valence-electron chi connectivity index (χ0n) is 25.4. The number of hydrogen-bond donors (Lipinski definition) is 0. The first-order chi connectivity index (χ1) is 22.5. The van der Waals surface area contributed by atoms with Gasteiger partial charge in [-0.2, -0.15) is 0 Å². The summed E-state index contributed by atoms with van der Waals surface area (Å²) in [5.41, 5.74) is 9.75. The summed E-state index contributed by atoms with van der Waals surface area (Å²) in [4.78, 5) is 15.0. The second-order valence-corrected chi connectivity index (χ2v) is 11.7. The summed E-state index contributed by atoms with van der Waals surface area (Å²) in [7, 11) is 0. The molecule has 2 heterocycles. The molecule has 0 saturated heterocycles. The average Bonchev–Trinajstić information content (AvgIpc) is 3.41. The van der Waals surface area contributed by atoms with Crippen molar-refractivity contribution in [3.8, 4) is 51.0 Å². The van der Waals surface area contributed by atoms with E-state index in [0.717, 1.165) is 44.5 Å². The molecule has 5 heteroatoms. The van der Waals surface area contributed by atoms with Crippen LogP contribution in [0.2, 0.25) is 0 Å². The highest BCUT2D eigenvalue weighted by molar-refractivity contribution is 6.09. The lowest BCUT2D eigenvalue weighted by Crippen LogP contribution is -2.02. The van der Waals surface area contributed by atoms with Crippen LogP contribution in [0.5, 0.6) is 0 Å². The summed E-state index contributed by atoms with van der Waals surface area (Å²) in [5, 5.41) is 2.40. The molecule has 220 valence electrons. The number of nitrogens with zero attached hydrogens (tertiary/aromatic N) is 4. The van der Waals surface area contributed by atoms with Gasteiger partial charge in [0.25, 0.3) is 0 Å². The Hall–Kier alpha value is -5.94. The molecule has 8 rings (SSSR count). The Kier molecular flexibility index (Phi) is 6.72. The van der Waals surface area contributed by atoms with E-state index in [1.54, 1.807) is 12.1 Å². The minimum Gasteiger partial charge on any atom is -0.309 e.